The summed E-state index contributed by atoms with van der Waals surface area (Å²) in [6, 6.07) is 23.7. The molecule has 182 valence electrons. The number of hydrogen-bond acceptors (Lipinski definition) is 5. The van der Waals surface area contributed by atoms with E-state index in [4.69, 9.17) is 4.74 Å². The fourth-order valence-electron chi connectivity index (χ4n) is 4.60. The van der Waals surface area contributed by atoms with Gasteiger partial charge in [0.05, 0.1) is 18.0 Å². The van der Waals surface area contributed by atoms with E-state index in [1.54, 1.807) is 36.4 Å². The van der Waals surface area contributed by atoms with Gasteiger partial charge in [0.25, 0.3) is 5.91 Å². The molecule has 0 saturated carbocycles. The van der Waals surface area contributed by atoms with Crippen molar-refractivity contribution in [2.24, 2.45) is 0 Å². The Hall–Kier alpha value is -3.52. The molecule has 0 bridgehead atoms. The predicted molar refractivity (Wildman–Crippen MR) is 138 cm³/mol. The van der Waals surface area contributed by atoms with Crippen molar-refractivity contribution in [1.82, 2.24) is 0 Å². The number of nitrogens with one attached hydrogen (secondary N) is 1. The van der Waals surface area contributed by atoms with Gasteiger partial charge in [-0.1, -0.05) is 42.5 Å². The lowest BCUT2D eigenvalue weighted by Gasteiger charge is -2.34. The number of carbonyl (C=O) groups excluding carboxylic acids is 1. The summed E-state index contributed by atoms with van der Waals surface area (Å²) < 4.78 is 34.0. The third kappa shape index (κ3) is 5.27. The summed E-state index contributed by atoms with van der Waals surface area (Å²) in [7, 11) is -3.74. The molecule has 0 radical (unpaired) electrons. The largest absolute Gasteiger partial charge is 0.476 e. The Morgan fingerprint density at radius 1 is 0.886 bits per heavy atom. The van der Waals surface area contributed by atoms with Crippen molar-refractivity contribution in [2.45, 2.75) is 31.1 Å². The van der Waals surface area contributed by atoms with Crippen LogP contribution in [-0.4, -0.2) is 40.1 Å². The summed E-state index contributed by atoms with van der Waals surface area (Å²) >= 11 is 0. The number of ether oxygens (including phenoxy) is 1. The minimum atomic E-state index is -3.74. The van der Waals surface area contributed by atoms with Gasteiger partial charge in [-0.25, -0.2) is 8.42 Å². The van der Waals surface area contributed by atoms with Gasteiger partial charge in [0, 0.05) is 24.5 Å². The molecule has 0 spiro atoms. The highest BCUT2D eigenvalue weighted by Gasteiger charge is 2.36. The number of fused-ring (bicyclic) bond motifs is 1. The molecule has 1 atom stereocenters. The van der Waals surface area contributed by atoms with Crippen LogP contribution in [0.15, 0.2) is 78.9 Å². The van der Waals surface area contributed by atoms with E-state index in [9.17, 15) is 13.2 Å². The first kappa shape index (κ1) is 23.2. The molecule has 3 aromatic rings. The number of para-hydroxylation sites is 2. The molecule has 7 nitrogen and oxygen atoms in total. The van der Waals surface area contributed by atoms with Crippen molar-refractivity contribution in [3.05, 3.63) is 84.4 Å². The number of amides is 1. The molecule has 3 aromatic carbocycles. The van der Waals surface area contributed by atoms with Crippen LogP contribution in [0.3, 0.4) is 0 Å². The summed E-state index contributed by atoms with van der Waals surface area (Å²) in [5.41, 5.74) is 2.92. The molecule has 2 aliphatic rings. The lowest BCUT2D eigenvalue weighted by Crippen LogP contribution is -2.49. The SMILES string of the molecule is O=C(Nc1ccc(N2CCCCC2)cc1)C1CN(S(=O)(=O)Cc2ccccc2)c2ccccc2O1. The number of carbonyl (C=O) groups is 1. The Kier molecular flexibility index (Phi) is 6.63. The van der Waals surface area contributed by atoms with E-state index in [-0.39, 0.29) is 18.2 Å². The molecule has 2 aliphatic heterocycles. The third-order valence-corrected chi connectivity index (χ3v) is 8.13. The van der Waals surface area contributed by atoms with Crippen LogP contribution in [0.25, 0.3) is 0 Å². The highest BCUT2D eigenvalue weighted by molar-refractivity contribution is 7.92. The summed E-state index contributed by atoms with van der Waals surface area (Å²) in [5, 5.41) is 2.89. The second-order valence-corrected chi connectivity index (χ2v) is 10.8. The maximum Gasteiger partial charge on any atom is 0.267 e. The van der Waals surface area contributed by atoms with E-state index in [2.05, 4.69) is 10.2 Å². The Morgan fingerprint density at radius 3 is 2.31 bits per heavy atom. The summed E-state index contributed by atoms with van der Waals surface area (Å²) in [4.78, 5) is 15.5. The molecule has 1 amide bonds. The molecule has 5 rings (SSSR count). The van der Waals surface area contributed by atoms with Crippen molar-refractivity contribution in [1.29, 1.82) is 0 Å². The van der Waals surface area contributed by atoms with Crippen LogP contribution in [0.2, 0.25) is 0 Å². The van der Waals surface area contributed by atoms with Crippen molar-refractivity contribution in [2.75, 3.05) is 34.2 Å². The average Bonchev–Trinajstić information content (AvgIpc) is 2.89. The van der Waals surface area contributed by atoms with Crippen LogP contribution in [0.4, 0.5) is 17.1 Å². The van der Waals surface area contributed by atoms with Gasteiger partial charge in [-0.05, 0) is 61.2 Å². The van der Waals surface area contributed by atoms with Gasteiger partial charge < -0.3 is 15.0 Å². The number of benzene rings is 3. The zero-order chi connectivity index (χ0) is 24.3. The minimum Gasteiger partial charge on any atom is -0.476 e. The van der Waals surface area contributed by atoms with Crippen molar-refractivity contribution in [3.8, 4) is 5.75 Å². The van der Waals surface area contributed by atoms with E-state index in [1.165, 1.54) is 23.6 Å². The van der Waals surface area contributed by atoms with Crippen molar-refractivity contribution in [3.63, 3.8) is 0 Å². The maximum atomic E-state index is 13.4. The van der Waals surface area contributed by atoms with Gasteiger partial charge in [0.15, 0.2) is 6.10 Å². The van der Waals surface area contributed by atoms with Crippen LogP contribution in [-0.2, 0) is 20.6 Å². The Labute approximate surface area is 206 Å². The Morgan fingerprint density at radius 2 is 1.57 bits per heavy atom. The van der Waals surface area contributed by atoms with Crippen molar-refractivity contribution < 1.29 is 17.9 Å². The van der Waals surface area contributed by atoms with Gasteiger partial charge in [0.1, 0.15) is 5.75 Å². The van der Waals surface area contributed by atoms with Crippen LogP contribution < -0.4 is 19.3 Å². The van der Waals surface area contributed by atoms with Crippen LogP contribution in [0, 0.1) is 0 Å². The number of hydrogen-bond donors (Lipinski definition) is 1. The van der Waals surface area contributed by atoms with Crippen LogP contribution in [0.5, 0.6) is 5.75 Å². The molecule has 1 saturated heterocycles. The van der Waals surface area contributed by atoms with Gasteiger partial charge in [0.2, 0.25) is 10.0 Å². The van der Waals surface area contributed by atoms with Gasteiger partial charge in [-0.3, -0.25) is 9.10 Å². The normalized spacial score (nSPS) is 17.9. The van der Waals surface area contributed by atoms with Gasteiger partial charge in [-0.2, -0.15) is 0 Å². The lowest BCUT2D eigenvalue weighted by molar-refractivity contribution is -0.122. The standard InChI is InChI=1S/C27H29N3O4S/c31-27(28-22-13-15-23(16-14-22)29-17-7-2-8-18-29)26-19-30(24-11-5-6-12-25(24)34-26)35(32,33)20-21-9-3-1-4-10-21/h1,3-6,9-16,26H,2,7-8,17-20H2,(H,28,31). The maximum absolute atomic E-state index is 13.4. The minimum absolute atomic E-state index is 0.0934. The molecule has 0 aliphatic carbocycles. The number of nitrogens with zero attached hydrogens (tertiary/aromatic N) is 2. The molecular formula is C27H29N3O4S. The Bertz CT molecular complexity index is 1270. The first-order valence-electron chi connectivity index (χ1n) is 12.0. The number of rotatable bonds is 6. The van der Waals surface area contributed by atoms with Gasteiger partial charge >= 0.3 is 0 Å². The highest BCUT2D eigenvalue weighted by Crippen LogP contribution is 2.36. The average molecular weight is 492 g/mol. The lowest BCUT2D eigenvalue weighted by atomic mass is 10.1. The van der Waals surface area contributed by atoms with Crippen LogP contribution in [0.1, 0.15) is 24.8 Å². The third-order valence-electron chi connectivity index (χ3n) is 6.41. The number of anilines is 3. The number of sulfonamides is 1. The molecule has 2 heterocycles. The molecule has 1 fully saturated rings. The first-order chi connectivity index (χ1) is 17.0. The molecule has 0 aromatic heterocycles. The molecule has 1 unspecified atom stereocenters. The summed E-state index contributed by atoms with van der Waals surface area (Å²) in [6.45, 7) is 2.01. The fraction of sp³-hybridized carbons (Fsp3) is 0.296. The van der Waals surface area contributed by atoms with E-state index in [0.717, 1.165) is 18.8 Å². The highest BCUT2D eigenvalue weighted by atomic mass is 32.2. The van der Waals surface area contributed by atoms with E-state index < -0.39 is 16.1 Å². The second-order valence-electron chi connectivity index (χ2n) is 8.93. The van der Waals surface area contributed by atoms with Crippen LogP contribution >= 0.6 is 0 Å². The first-order valence-corrected chi connectivity index (χ1v) is 13.6. The number of piperidine rings is 1. The molecule has 8 heteroatoms. The smallest absolute Gasteiger partial charge is 0.267 e. The monoisotopic (exact) mass is 491 g/mol. The predicted octanol–water partition coefficient (Wildman–Crippen LogP) is 4.41. The van der Waals surface area contributed by atoms with Gasteiger partial charge in [-0.15, -0.1) is 0 Å². The molecular weight excluding hydrogens is 462 g/mol. The quantitative estimate of drug-likeness (QED) is 0.553. The summed E-state index contributed by atoms with van der Waals surface area (Å²) in [5.74, 6) is -0.171. The zero-order valence-electron chi connectivity index (χ0n) is 19.5. The summed E-state index contributed by atoms with van der Waals surface area (Å²) in [6.07, 6.45) is 2.69. The molecule has 35 heavy (non-hydrogen) atoms. The second kappa shape index (κ2) is 10.00. The van der Waals surface area contributed by atoms with Crippen molar-refractivity contribution >= 4 is 33.0 Å². The van der Waals surface area contributed by atoms with E-state index in [0.29, 0.717) is 22.7 Å². The Balaban J connectivity index is 1.32. The van der Waals surface area contributed by atoms with E-state index >= 15 is 0 Å². The zero-order valence-corrected chi connectivity index (χ0v) is 20.3. The fourth-order valence-corrected chi connectivity index (χ4v) is 6.18. The van der Waals surface area contributed by atoms with E-state index in [1.807, 2.05) is 42.5 Å². The molecule has 1 N–H and O–H groups in total. The topological polar surface area (TPSA) is 79.0 Å².